The molecule has 3 aromatic heterocycles. The minimum absolute atomic E-state index is 0.841. The van der Waals surface area contributed by atoms with E-state index >= 15 is 0 Å². The van der Waals surface area contributed by atoms with Crippen LogP contribution in [0.4, 0.5) is 17.1 Å². The highest BCUT2D eigenvalue weighted by Crippen LogP contribution is 2.48. The predicted octanol–water partition coefficient (Wildman–Crippen LogP) is 18.2. The average molecular weight is 869 g/mol. The van der Waals surface area contributed by atoms with Crippen LogP contribution in [0, 0.1) is 0 Å². The molecule has 68 heavy (non-hydrogen) atoms. The standard InChI is InChI=1S/C64H40N2O2/c1-2-18-48-41(14-1)15-12-23-49(48)42-30-34-45(35-31-42)65(46-36-32-43(33-37-46)50-24-13-25-55-53-21-5-9-28-60(53)67-63(50)55)59-39-38-56-54-22-6-10-29-61(54)68-64(56)62(59)44-16-11-17-47(40-44)66-57-26-7-3-19-51(57)52-20-4-8-27-58(52)66/h1-40H. The molecule has 0 bridgehead atoms. The maximum atomic E-state index is 6.99. The molecule has 0 spiro atoms. The topological polar surface area (TPSA) is 34.5 Å². The van der Waals surface area contributed by atoms with Gasteiger partial charge >= 0.3 is 0 Å². The number of nitrogens with zero attached hydrogens (tertiary/aromatic N) is 2. The monoisotopic (exact) mass is 868 g/mol. The molecular formula is C64H40N2O2. The number of hydrogen-bond acceptors (Lipinski definition) is 3. The summed E-state index contributed by atoms with van der Waals surface area (Å²) in [5.41, 5.74) is 16.5. The van der Waals surface area contributed by atoms with Gasteiger partial charge in [0.05, 0.1) is 16.7 Å². The molecule has 11 aromatic carbocycles. The second-order valence-electron chi connectivity index (χ2n) is 17.6. The van der Waals surface area contributed by atoms with Crippen LogP contribution in [0.2, 0.25) is 0 Å². The van der Waals surface area contributed by atoms with E-state index in [0.717, 1.165) is 94.4 Å². The van der Waals surface area contributed by atoms with Crippen molar-refractivity contribution in [1.29, 1.82) is 0 Å². The first-order valence-corrected chi connectivity index (χ1v) is 23.2. The molecule has 4 nitrogen and oxygen atoms in total. The Morgan fingerprint density at radius 3 is 1.51 bits per heavy atom. The van der Waals surface area contributed by atoms with E-state index in [4.69, 9.17) is 8.83 Å². The Kier molecular flexibility index (Phi) is 8.55. The first-order chi connectivity index (χ1) is 33.7. The van der Waals surface area contributed by atoms with Gasteiger partial charge < -0.3 is 18.3 Å². The second-order valence-corrected chi connectivity index (χ2v) is 17.6. The van der Waals surface area contributed by atoms with Crippen molar-refractivity contribution in [2.24, 2.45) is 0 Å². The molecule has 0 saturated carbocycles. The van der Waals surface area contributed by atoms with Gasteiger partial charge in [0.2, 0.25) is 0 Å². The van der Waals surface area contributed by atoms with E-state index < -0.39 is 0 Å². The molecule has 0 unspecified atom stereocenters. The van der Waals surface area contributed by atoms with Gasteiger partial charge in [0, 0.05) is 60.5 Å². The van der Waals surface area contributed by atoms with Crippen molar-refractivity contribution in [2.75, 3.05) is 4.90 Å². The van der Waals surface area contributed by atoms with Crippen LogP contribution in [0.1, 0.15) is 0 Å². The van der Waals surface area contributed by atoms with E-state index in [0.29, 0.717) is 0 Å². The van der Waals surface area contributed by atoms with Crippen LogP contribution >= 0.6 is 0 Å². The summed E-state index contributed by atoms with van der Waals surface area (Å²) in [6, 6.07) is 86.9. The minimum atomic E-state index is 0.841. The molecule has 14 aromatic rings. The third-order valence-corrected chi connectivity index (χ3v) is 13.8. The van der Waals surface area contributed by atoms with Crippen molar-refractivity contribution in [1.82, 2.24) is 4.57 Å². The molecule has 0 amide bonds. The average Bonchev–Trinajstić information content (AvgIpc) is 4.09. The van der Waals surface area contributed by atoms with Gasteiger partial charge in [-0.05, 0) is 106 Å². The van der Waals surface area contributed by atoms with Crippen LogP contribution in [0.15, 0.2) is 251 Å². The Morgan fingerprint density at radius 1 is 0.324 bits per heavy atom. The molecule has 0 aliphatic carbocycles. The van der Waals surface area contributed by atoms with Crippen molar-refractivity contribution in [3.05, 3.63) is 243 Å². The lowest BCUT2D eigenvalue weighted by Gasteiger charge is -2.28. The number of benzene rings is 11. The second kappa shape index (κ2) is 15.2. The Morgan fingerprint density at radius 2 is 0.824 bits per heavy atom. The molecule has 0 aliphatic rings. The van der Waals surface area contributed by atoms with Crippen LogP contribution < -0.4 is 4.90 Å². The van der Waals surface area contributed by atoms with E-state index in [1.165, 1.54) is 38.1 Å². The van der Waals surface area contributed by atoms with Gasteiger partial charge in [0.15, 0.2) is 0 Å². The number of para-hydroxylation sites is 5. The SMILES string of the molecule is c1cc(-c2c(N(c3ccc(-c4cccc5ccccc45)cc3)c3ccc(-c4cccc5c4oc4ccccc45)cc3)ccc3c2oc2ccccc23)cc(-n2c3ccccc3c3ccccc32)c1. The summed E-state index contributed by atoms with van der Waals surface area (Å²) in [5, 5.41) is 9.30. The van der Waals surface area contributed by atoms with Crippen LogP contribution in [0.5, 0.6) is 0 Å². The fourth-order valence-corrected chi connectivity index (χ4v) is 10.7. The van der Waals surface area contributed by atoms with Gasteiger partial charge in [-0.15, -0.1) is 0 Å². The number of rotatable bonds is 7. The number of fused-ring (bicyclic) bond motifs is 10. The van der Waals surface area contributed by atoms with Crippen molar-refractivity contribution in [2.45, 2.75) is 0 Å². The molecule has 4 heteroatoms. The summed E-state index contributed by atoms with van der Waals surface area (Å²) in [7, 11) is 0. The van der Waals surface area contributed by atoms with Gasteiger partial charge in [-0.1, -0.05) is 170 Å². The third-order valence-electron chi connectivity index (χ3n) is 13.8. The van der Waals surface area contributed by atoms with E-state index in [1.807, 2.05) is 18.2 Å². The zero-order valence-corrected chi connectivity index (χ0v) is 36.8. The van der Waals surface area contributed by atoms with Gasteiger partial charge in [0.25, 0.3) is 0 Å². The number of aromatic nitrogens is 1. The maximum absolute atomic E-state index is 6.99. The fourth-order valence-electron chi connectivity index (χ4n) is 10.7. The Bertz CT molecular complexity index is 4210. The molecule has 0 N–H and O–H groups in total. The summed E-state index contributed by atoms with van der Waals surface area (Å²) in [5.74, 6) is 0. The van der Waals surface area contributed by atoms with Crippen LogP contribution in [0.25, 0.3) is 116 Å². The normalized spacial score (nSPS) is 11.8. The number of anilines is 3. The van der Waals surface area contributed by atoms with Crippen LogP contribution in [0.3, 0.4) is 0 Å². The lowest BCUT2D eigenvalue weighted by atomic mass is 9.96. The van der Waals surface area contributed by atoms with Gasteiger partial charge in [-0.25, -0.2) is 0 Å². The molecule has 0 atom stereocenters. The Hall–Kier alpha value is -9.12. The highest BCUT2D eigenvalue weighted by atomic mass is 16.3. The first kappa shape index (κ1) is 38.2. The molecule has 14 rings (SSSR count). The van der Waals surface area contributed by atoms with E-state index in [9.17, 15) is 0 Å². The molecule has 0 saturated heterocycles. The van der Waals surface area contributed by atoms with Crippen molar-refractivity contribution in [3.63, 3.8) is 0 Å². The highest BCUT2D eigenvalue weighted by Gasteiger charge is 2.24. The van der Waals surface area contributed by atoms with E-state index in [-0.39, 0.29) is 0 Å². The lowest BCUT2D eigenvalue weighted by Crippen LogP contribution is -2.11. The number of furan rings is 2. The maximum Gasteiger partial charge on any atom is 0.145 e. The summed E-state index contributed by atoms with van der Waals surface area (Å²) < 4.78 is 15.9. The Labute approximate surface area is 391 Å². The van der Waals surface area contributed by atoms with E-state index in [1.54, 1.807) is 0 Å². The summed E-state index contributed by atoms with van der Waals surface area (Å²) >= 11 is 0. The molecule has 0 aliphatic heterocycles. The van der Waals surface area contributed by atoms with Crippen molar-refractivity contribution >= 4 is 93.5 Å². The molecule has 0 fully saturated rings. The van der Waals surface area contributed by atoms with Crippen LogP contribution in [-0.4, -0.2) is 4.57 Å². The van der Waals surface area contributed by atoms with Crippen LogP contribution in [-0.2, 0) is 0 Å². The third kappa shape index (κ3) is 5.94. The van der Waals surface area contributed by atoms with E-state index in [2.05, 4.69) is 234 Å². The highest BCUT2D eigenvalue weighted by molar-refractivity contribution is 6.14. The smallest absolute Gasteiger partial charge is 0.145 e. The number of hydrogen-bond donors (Lipinski definition) is 0. The minimum Gasteiger partial charge on any atom is -0.455 e. The predicted molar refractivity (Wildman–Crippen MR) is 284 cm³/mol. The fraction of sp³-hybridized carbons (Fsp3) is 0. The summed E-state index contributed by atoms with van der Waals surface area (Å²) in [6.45, 7) is 0. The molecule has 0 radical (unpaired) electrons. The van der Waals surface area contributed by atoms with Crippen molar-refractivity contribution < 1.29 is 8.83 Å². The lowest BCUT2D eigenvalue weighted by molar-refractivity contribution is 0.669. The summed E-state index contributed by atoms with van der Waals surface area (Å²) in [6.07, 6.45) is 0. The quantitative estimate of drug-likeness (QED) is 0.160. The zero-order valence-electron chi connectivity index (χ0n) is 36.8. The Balaban J connectivity index is 0.992. The van der Waals surface area contributed by atoms with Gasteiger partial charge in [-0.3, -0.25) is 0 Å². The summed E-state index contributed by atoms with van der Waals surface area (Å²) in [4.78, 5) is 2.38. The largest absolute Gasteiger partial charge is 0.455 e. The molecule has 3 heterocycles. The molecular weight excluding hydrogens is 829 g/mol. The zero-order chi connectivity index (χ0) is 44.7. The molecule has 318 valence electrons. The van der Waals surface area contributed by atoms with Gasteiger partial charge in [-0.2, -0.15) is 0 Å². The van der Waals surface area contributed by atoms with Crippen molar-refractivity contribution in [3.8, 4) is 39.1 Å². The van der Waals surface area contributed by atoms with Gasteiger partial charge in [0.1, 0.15) is 22.3 Å². The first-order valence-electron chi connectivity index (χ1n) is 23.2.